The van der Waals surface area contributed by atoms with Gasteiger partial charge in [-0.05, 0) is 56.2 Å². The van der Waals surface area contributed by atoms with E-state index >= 15 is 0 Å². The van der Waals surface area contributed by atoms with Gasteiger partial charge in [0.15, 0.2) is 0 Å². The first kappa shape index (κ1) is 26.9. The summed E-state index contributed by atoms with van der Waals surface area (Å²) in [7, 11) is 0.631. The molecule has 11 heteroatoms. The highest BCUT2D eigenvalue weighted by Crippen LogP contribution is 2.23. The Morgan fingerprint density at radius 2 is 1.76 bits per heavy atom. The van der Waals surface area contributed by atoms with Gasteiger partial charge in [0.25, 0.3) is 0 Å². The molecule has 1 atom stereocenters. The highest BCUT2D eigenvalue weighted by molar-refractivity contribution is 6.59. The van der Waals surface area contributed by atoms with Gasteiger partial charge in [-0.1, -0.05) is 12.1 Å². The summed E-state index contributed by atoms with van der Waals surface area (Å²) in [5.41, 5.74) is -0.206. The summed E-state index contributed by atoms with van der Waals surface area (Å²) in [6.07, 6.45) is -1.14. The molecule has 3 N–H and O–H groups in total. The Balaban J connectivity index is 2.36. The Morgan fingerprint density at radius 1 is 1.12 bits per heavy atom. The lowest BCUT2D eigenvalue weighted by Crippen LogP contribution is -2.45. The average molecular weight is 477 g/mol. The normalized spacial score (nSPS) is 11.9. The molecule has 0 aromatic heterocycles. The van der Waals surface area contributed by atoms with E-state index in [1.165, 1.54) is 7.11 Å². The van der Waals surface area contributed by atoms with E-state index in [2.05, 4.69) is 5.32 Å². The van der Waals surface area contributed by atoms with Gasteiger partial charge in [-0.3, -0.25) is 0 Å². The number of hydrogen-bond donors (Lipinski definition) is 3. The van der Waals surface area contributed by atoms with Crippen molar-refractivity contribution in [1.82, 2.24) is 5.32 Å². The lowest BCUT2D eigenvalue weighted by Gasteiger charge is -2.23. The van der Waals surface area contributed by atoms with Gasteiger partial charge in [0.1, 0.15) is 35.6 Å². The molecule has 0 aliphatic heterocycles. The SMILES string of the molecule is COC(=O)[C@H](Cc1cc(F)cc(B(O)O)c1OCc1ccc(OC)cc1)NC(=O)OC(C)(C)C. The Bertz CT molecular complexity index is 992. The summed E-state index contributed by atoms with van der Waals surface area (Å²) in [6, 6.07) is 7.70. The maximum atomic E-state index is 14.3. The van der Waals surface area contributed by atoms with Gasteiger partial charge in [0.05, 0.1) is 14.2 Å². The summed E-state index contributed by atoms with van der Waals surface area (Å²) < 4.78 is 35.2. The number of amides is 1. The van der Waals surface area contributed by atoms with E-state index < -0.39 is 36.6 Å². The Kier molecular flexibility index (Phi) is 9.28. The Morgan fingerprint density at radius 3 is 2.29 bits per heavy atom. The first-order chi connectivity index (χ1) is 15.9. The monoisotopic (exact) mass is 477 g/mol. The van der Waals surface area contributed by atoms with Gasteiger partial charge in [0, 0.05) is 11.9 Å². The minimum absolute atomic E-state index is 0.00469. The fourth-order valence-corrected chi connectivity index (χ4v) is 3.08. The molecule has 0 unspecified atom stereocenters. The van der Waals surface area contributed by atoms with E-state index in [1.807, 2.05) is 0 Å². The van der Waals surface area contributed by atoms with Crippen molar-refractivity contribution in [3.05, 3.63) is 53.3 Å². The molecule has 0 spiro atoms. The summed E-state index contributed by atoms with van der Waals surface area (Å²) in [4.78, 5) is 24.6. The summed E-state index contributed by atoms with van der Waals surface area (Å²) in [6.45, 7) is 4.98. The second-order valence-electron chi connectivity index (χ2n) is 8.42. The second kappa shape index (κ2) is 11.7. The molecular weight excluding hydrogens is 448 g/mol. The largest absolute Gasteiger partial charge is 0.497 e. The quantitative estimate of drug-likeness (QED) is 0.369. The Labute approximate surface area is 197 Å². The van der Waals surface area contributed by atoms with Crippen LogP contribution in [0.2, 0.25) is 0 Å². The van der Waals surface area contributed by atoms with Crippen molar-refractivity contribution in [3.63, 3.8) is 0 Å². The van der Waals surface area contributed by atoms with Crippen LogP contribution in [0.3, 0.4) is 0 Å². The highest BCUT2D eigenvalue weighted by Gasteiger charge is 2.29. The number of rotatable bonds is 9. The highest BCUT2D eigenvalue weighted by atomic mass is 19.1. The van der Waals surface area contributed by atoms with Gasteiger partial charge in [0.2, 0.25) is 0 Å². The minimum atomic E-state index is -2.05. The number of alkyl carbamates (subject to hydrolysis) is 1. The second-order valence-corrected chi connectivity index (χ2v) is 8.42. The molecule has 0 saturated carbocycles. The average Bonchev–Trinajstić information content (AvgIpc) is 2.76. The summed E-state index contributed by atoms with van der Waals surface area (Å²) in [5, 5.41) is 22.0. The third-order valence-corrected chi connectivity index (χ3v) is 4.58. The van der Waals surface area contributed by atoms with Crippen molar-refractivity contribution < 1.29 is 43.0 Å². The maximum Gasteiger partial charge on any atom is 0.492 e. The van der Waals surface area contributed by atoms with Crippen molar-refractivity contribution in [3.8, 4) is 11.5 Å². The van der Waals surface area contributed by atoms with Crippen molar-refractivity contribution in [2.75, 3.05) is 14.2 Å². The smallest absolute Gasteiger partial charge is 0.492 e. The van der Waals surface area contributed by atoms with Crippen LogP contribution in [0, 0.1) is 5.82 Å². The van der Waals surface area contributed by atoms with Crippen LogP contribution in [-0.4, -0.2) is 55.1 Å². The fourth-order valence-electron chi connectivity index (χ4n) is 3.08. The standard InChI is InChI=1S/C23H29BFNO8/c1-23(2,3)34-22(28)26-19(21(27)32-5)11-15-10-16(25)12-18(24(29)30)20(15)33-13-14-6-8-17(31-4)9-7-14/h6-10,12,19,29-30H,11,13H2,1-5H3,(H,26,28)/t19-/m0/s1. The predicted molar refractivity (Wildman–Crippen MR) is 122 cm³/mol. The van der Waals surface area contributed by atoms with Crippen LogP contribution in [0.4, 0.5) is 9.18 Å². The lowest BCUT2D eigenvalue weighted by molar-refractivity contribution is -0.143. The molecule has 9 nitrogen and oxygen atoms in total. The molecule has 0 radical (unpaired) electrons. The number of hydrogen-bond acceptors (Lipinski definition) is 8. The van der Waals surface area contributed by atoms with Crippen LogP contribution >= 0.6 is 0 Å². The molecule has 1 amide bonds. The van der Waals surface area contributed by atoms with Gasteiger partial charge in [-0.25, -0.2) is 14.0 Å². The van der Waals surface area contributed by atoms with Crippen molar-refractivity contribution in [2.45, 2.75) is 45.4 Å². The molecule has 34 heavy (non-hydrogen) atoms. The maximum absolute atomic E-state index is 14.3. The van der Waals surface area contributed by atoms with Crippen LogP contribution in [0.15, 0.2) is 36.4 Å². The molecule has 0 saturated heterocycles. The molecule has 184 valence electrons. The van der Waals surface area contributed by atoms with Crippen molar-refractivity contribution >= 4 is 24.6 Å². The van der Waals surface area contributed by atoms with Crippen LogP contribution in [-0.2, 0) is 27.3 Å². The first-order valence-corrected chi connectivity index (χ1v) is 10.4. The first-order valence-electron chi connectivity index (χ1n) is 10.4. The molecule has 2 aromatic rings. The van der Waals surface area contributed by atoms with Gasteiger partial charge in [-0.15, -0.1) is 0 Å². The summed E-state index contributed by atoms with van der Waals surface area (Å²) in [5.74, 6) is -0.975. The van der Waals surface area contributed by atoms with Gasteiger partial charge >= 0.3 is 19.2 Å². The van der Waals surface area contributed by atoms with Gasteiger partial charge in [-0.2, -0.15) is 0 Å². The predicted octanol–water partition coefficient (Wildman–Crippen LogP) is 1.70. The number of carbonyl (C=O) groups is 2. The van der Waals surface area contributed by atoms with Crippen molar-refractivity contribution in [1.29, 1.82) is 0 Å². The van der Waals surface area contributed by atoms with Crippen molar-refractivity contribution in [2.24, 2.45) is 0 Å². The molecule has 0 aliphatic carbocycles. The number of ether oxygens (including phenoxy) is 4. The number of esters is 1. The van der Waals surface area contributed by atoms with E-state index in [9.17, 15) is 24.0 Å². The summed E-state index contributed by atoms with van der Waals surface area (Å²) >= 11 is 0. The molecule has 0 aliphatic rings. The van der Waals surface area contributed by atoms with Crippen LogP contribution in [0.1, 0.15) is 31.9 Å². The number of benzene rings is 2. The molecule has 0 bridgehead atoms. The molecule has 0 fully saturated rings. The zero-order chi connectivity index (χ0) is 25.5. The number of halogens is 1. The zero-order valence-electron chi connectivity index (χ0n) is 19.8. The van der Waals surface area contributed by atoms with Crippen LogP contribution in [0.5, 0.6) is 11.5 Å². The van der Waals surface area contributed by atoms with Crippen LogP contribution < -0.4 is 20.3 Å². The number of nitrogens with one attached hydrogen (secondary N) is 1. The van der Waals surface area contributed by atoms with Crippen LogP contribution in [0.25, 0.3) is 0 Å². The molecule has 0 heterocycles. The minimum Gasteiger partial charge on any atom is -0.497 e. The fraction of sp³-hybridized carbons (Fsp3) is 0.391. The zero-order valence-corrected chi connectivity index (χ0v) is 19.8. The van der Waals surface area contributed by atoms with E-state index in [0.29, 0.717) is 5.75 Å². The third-order valence-electron chi connectivity index (χ3n) is 4.58. The molecule has 2 aromatic carbocycles. The topological polar surface area (TPSA) is 124 Å². The molecular formula is C23H29BFNO8. The van der Waals surface area contributed by atoms with E-state index in [0.717, 1.165) is 24.8 Å². The number of methoxy groups -OCH3 is 2. The lowest BCUT2D eigenvalue weighted by atomic mass is 9.78. The molecule has 2 rings (SSSR count). The van der Waals surface area contributed by atoms with E-state index in [4.69, 9.17) is 18.9 Å². The Hall–Kier alpha value is -3.31. The number of carbonyl (C=O) groups excluding carboxylic acids is 2. The van der Waals surface area contributed by atoms with Gasteiger partial charge < -0.3 is 34.3 Å². The van der Waals surface area contributed by atoms with E-state index in [-0.39, 0.29) is 29.8 Å². The van der Waals surface area contributed by atoms with E-state index in [1.54, 1.807) is 45.0 Å². The third kappa shape index (κ3) is 7.93.